The zero-order valence-electron chi connectivity index (χ0n) is 10.5. The number of fused-ring (bicyclic) bond motifs is 1. The zero-order chi connectivity index (χ0) is 14.1. The molecule has 0 fully saturated rings. The minimum Gasteiger partial charge on any atom is -0.324 e. The molecule has 0 spiro atoms. The zero-order valence-corrected chi connectivity index (χ0v) is 12.9. The average Bonchev–Trinajstić information content (AvgIpc) is 2.90. The van der Waals surface area contributed by atoms with Crippen LogP contribution in [0.5, 0.6) is 0 Å². The van der Waals surface area contributed by atoms with Crippen LogP contribution in [0.15, 0.2) is 23.7 Å². The number of aromatic nitrogens is 1. The van der Waals surface area contributed by atoms with Gasteiger partial charge in [-0.2, -0.15) is 0 Å². The number of nitrogens with one attached hydrogen (secondary N) is 1. The maximum atomic E-state index is 12.3. The number of aryl methyl sites for hydroxylation is 1. The Morgan fingerprint density at radius 1 is 1.40 bits per heavy atom. The summed E-state index contributed by atoms with van der Waals surface area (Å²) >= 11 is 13.6. The van der Waals surface area contributed by atoms with Crippen LogP contribution < -0.4 is 5.32 Å². The Hall–Kier alpha value is -1.10. The Bertz CT molecular complexity index is 656. The van der Waals surface area contributed by atoms with E-state index in [1.165, 1.54) is 4.88 Å². The summed E-state index contributed by atoms with van der Waals surface area (Å²) < 4.78 is 0. The van der Waals surface area contributed by atoms with E-state index in [2.05, 4.69) is 10.3 Å². The molecule has 3 rings (SSSR count). The van der Waals surface area contributed by atoms with E-state index in [-0.39, 0.29) is 11.8 Å². The molecule has 1 N–H and O–H groups in total. The van der Waals surface area contributed by atoms with Crippen molar-refractivity contribution in [2.75, 3.05) is 5.32 Å². The predicted molar refractivity (Wildman–Crippen MR) is 82.7 cm³/mol. The highest BCUT2D eigenvalue weighted by Crippen LogP contribution is 2.30. The van der Waals surface area contributed by atoms with Crippen LogP contribution in [0.3, 0.4) is 0 Å². The summed E-state index contributed by atoms with van der Waals surface area (Å²) in [7, 11) is 0. The third-order valence-electron chi connectivity index (χ3n) is 3.44. The summed E-state index contributed by atoms with van der Waals surface area (Å²) in [6, 6.07) is 5.05. The molecule has 2 aromatic rings. The first kappa shape index (κ1) is 13.9. The van der Waals surface area contributed by atoms with Gasteiger partial charge in [-0.25, -0.2) is 4.98 Å². The molecule has 1 aromatic carbocycles. The maximum absolute atomic E-state index is 12.3. The molecule has 0 aliphatic heterocycles. The Labute approximate surface area is 130 Å². The van der Waals surface area contributed by atoms with Gasteiger partial charge in [0.05, 0.1) is 21.9 Å². The molecule has 6 heteroatoms. The number of rotatable bonds is 2. The number of carbonyl (C=O) groups is 1. The SMILES string of the molecule is O=C(Nc1cc(Cl)ccc1Cl)C1CCc2ncsc2C1. The summed E-state index contributed by atoms with van der Waals surface area (Å²) in [4.78, 5) is 17.9. The Morgan fingerprint density at radius 3 is 3.10 bits per heavy atom. The van der Waals surface area contributed by atoms with Crippen LogP contribution in [0, 0.1) is 5.92 Å². The number of hydrogen-bond donors (Lipinski definition) is 1. The van der Waals surface area contributed by atoms with Crippen molar-refractivity contribution in [2.24, 2.45) is 5.92 Å². The molecule has 1 amide bonds. The van der Waals surface area contributed by atoms with E-state index in [4.69, 9.17) is 23.2 Å². The third-order valence-corrected chi connectivity index (χ3v) is 4.91. The van der Waals surface area contributed by atoms with Gasteiger partial charge < -0.3 is 5.32 Å². The van der Waals surface area contributed by atoms with E-state index >= 15 is 0 Å². The smallest absolute Gasteiger partial charge is 0.227 e. The van der Waals surface area contributed by atoms with Crippen LogP contribution in [0.2, 0.25) is 10.0 Å². The molecule has 3 nitrogen and oxygen atoms in total. The Kier molecular flexibility index (Phi) is 3.96. The number of nitrogens with zero attached hydrogens (tertiary/aromatic N) is 1. The quantitative estimate of drug-likeness (QED) is 0.898. The van der Waals surface area contributed by atoms with E-state index < -0.39 is 0 Å². The van der Waals surface area contributed by atoms with Gasteiger partial charge >= 0.3 is 0 Å². The van der Waals surface area contributed by atoms with Gasteiger partial charge in [-0.3, -0.25) is 4.79 Å². The number of anilines is 1. The molecule has 0 bridgehead atoms. The van der Waals surface area contributed by atoms with Crippen molar-refractivity contribution in [2.45, 2.75) is 19.3 Å². The van der Waals surface area contributed by atoms with Gasteiger partial charge in [0.25, 0.3) is 0 Å². The summed E-state index contributed by atoms with van der Waals surface area (Å²) in [6.07, 6.45) is 2.44. The number of halogens is 2. The van der Waals surface area contributed by atoms with Crippen molar-refractivity contribution in [3.63, 3.8) is 0 Å². The predicted octanol–water partition coefficient (Wildman–Crippen LogP) is 4.19. The molecular formula is C14H12Cl2N2OS. The number of carbonyl (C=O) groups excluding carboxylic acids is 1. The van der Waals surface area contributed by atoms with Crippen LogP contribution in [0.4, 0.5) is 5.69 Å². The minimum absolute atomic E-state index is 0.00628. The second-order valence-corrected chi connectivity index (χ2v) is 6.56. The van der Waals surface area contributed by atoms with Crippen molar-refractivity contribution >= 4 is 46.1 Å². The first-order valence-electron chi connectivity index (χ1n) is 6.30. The summed E-state index contributed by atoms with van der Waals surface area (Å²) in [5.74, 6) is -0.0359. The molecule has 1 aromatic heterocycles. The van der Waals surface area contributed by atoms with Crippen LogP contribution in [0.1, 0.15) is 17.0 Å². The van der Waals surface area contributed by atoms with Crippen LogP contribution in [-0.2, 0) is 17.6 Å². The lowest BCUT2D eigenvalue weighted by Crippen LogP contribution is -2.27. The van der Waals surface area contributed by atoms with E-state index in [0.29, 0.717) is 15.7 Å². The normalized spacial score (nSPS) is 17.6. The van der Waals surface area contributed by atoms with E-state index in [9.17, 15) is 4.79 Å². The summed E-state index contributed by atoms with van der Waals surface area (Å²) in [6.45, 7) is 0. The Morgan fingerprint density at radius 2 is 2.25 bits per heavy atom. The number of thiazole rings is 1. The van der Waals surface area contributed by atoms with Crippen molar-refractivity contribution in [3.05, 3.63) is 44.3 Å². The first-order chi connectivity index (χ1) is 9.63. The van der Waals surface area contributed by atoms with Crippen molar-refractivity contribution in [1.29, 1.82) is 0 Å². The molecule has 0 radical (unpaired) electrons. The molecule has 1 heterocycles. The van der Waals surface area contributed by atoms with Gasteiger partial charge in [-0.1, -0.05) is 23.2 Å². The van der Waals surface area contributed by atoms with Crippen LogP contribution in [-0.4, -0.2) is 10.9 Å². The lowest BCUT2D eigenvalue weighted by molar-refractivity contribution is -0.120. The maximum Gasteiger partial charge on any atom is 0.227 e. The first-order valence-corrected chi connectivity index (χ1v) is 7.94. The molecule has 1 atom stereocenters. The van der Waals surface area contributed by atoms with Gasteiger partial charge in [-0.15, -0.1) is 11.3 Å². The molecule has 0 saturated carbocycles. The number of amides is 1. The lowest BCUT2D eigenvalue weighted by Gasteiger charge is -2.20. The van der Waals surface area contributed by atoms with Gasteiger partial charge in [-0.05, 0) is 37.5 Å². The second-order valence-electron chi connectivity index (χ2n) is 4.78. The molecule has 1 aliphatic carbocycles. The van der Waals surface area contributed by atoms with Gasteiger partial charge in [0.15, 0.2) is 0 Å². The second kappa shape index (κ2) is 5.72. The summed E-state index contributed by atoms with van der Waals surface area (Å²) in [5, 5.41) is 3.92. The molecule has 1 unspecified atom stereocenters. The standard InChI is InChI=1S/C14H12Cl2N2OS/c15-9-2-3-10(16)12(6-9)18-14(19)8-1-4-11-13(5-8)20-7-17-11/h2-3,6-8H,1,4-5H2,(H,18,19). The van der Waals surface area contributed by atoms with Gasteiger partial charge in [0.2, 0.25) is 5.91 Å². The molecule has 0 saturated heterocycles. The fourth-order valence-electron chi connectivity index (χ4n) is 2.35. The third kappa shape index (κ3) is 2.82. The van der Waals surface area contributed by atoms with Crippen molar-refractivity contribution in [3.8, 4) is 0 Å². The molecule has 104 valence electrons. The van der Waals surface area contributed by atoms with E-state index in [1.54, 1.807) is 29.5 Å². The van der Waals surface area contributed by atoms with Crippen LogP contribution in [0.25, 0.3) is 0 Å². The highest BCUT2D eigenvalue weighted by molar-refractivity contribution is 7.09. The number of benzene rings is 1. The molecule has 1 aliphatic rings. The lowest BCUT2D eigenvalue weighted by atomic mass is 9.90. The monoisotopic (exact) mass is 326 g/mol. The topological polar surface area (TPSA) is 42.0 Å². The number of hydrogen-bond acceptors (Lipinski definition) is 3. The highest BCUT2D eigenvalue weighted by Gasteiger charge is 2.26. The largest absolute Gasteiger partial charge is 0.324 e. The minimum atomic E-state index is -0.0296. The van der Waals surface area contributed by atoms with E-state index in [0.717, 1.165) is 25.0 Å². The summed E-state index contributed by atoms with van der Waals surface area (Å²) in [5.41, 5.74) is 3.55. The van der Waals surface area contributed by atoms with Gasteiger partial charge in [0, 0.05) is 15.8 Å². The van der Waals surface area contributed by atoms with E-state index in [1.807, 2.05) is 5.51 Å². The van der Waals surface area contributed by atoms with Gasteiger partial charge in [0.1, 0.15) is 0 Å². The Balaban J connectivity index is 1.73. The highest BCUT2D eigenvalue weighted by atomic mass is 35.5. The fraction of sp³-hybridized carbons (Fsp3) is 0.286. The van der Waals surface area contributed by atoms with Crippen molar-refractivity contribution < 1.29 is 4.79 Å². The van der Waals surface area contributed by atoms with Crippen molar-refractivity contribution in [1.82, 2.24) is 4.98 Å². The average molecular weight is 327 g/mol. The fourth-order valence-corrected chi connectivity index (χ4v) is 3.58. The molecule has 20 heavy (non-hydrogen) atoms. The van der Waals surface area contributed by atoms with Crippen LogP contribution >= 0.6 is 34.5 Å². The molecular weight excluding hydrogens is 315 g/mol.